The van der Waals surface area contributed by atoms with Gasteiger partial charge >= 0.3 is 0 Å². The summed E-state index contributed by atoms with van der Waals surface area (Å²) in [5.74, 6) is 1.67. The molecule has 1 N–H and O–H groups in total. The lowest BCUT2D eigenvalue weighted by atomic mass is 9.99. The number of benzene rings is 3. The monoisotopic (exact) mass is 617 g/mol. The Kier molecular flexibility index (Phi) is 7.72. The van der Waals surface area contributed by atoms with Gasteiger partial charge in [-0.25, -0.2) is 4.68 Å². The van der Waals surface area contributed by atoms with Gasteiger partial charge in [0, 0.05) is 30.1 Å². The summed E-state index contributed by atoms with van der Waals surface area (Å²) in [6, 6.07) is 25.7. The third-order valence-corrected chi connectivity index (χ3v) is 9.21. The Bertz CT molecular complexity index is 1890. The number of hydrogen-bond acceptors (Lipinski definition) is 7. The number of ether oxygens (including phenoxy) is 2. The average Bonchev–Trinajstić information content (AvgIpc) is 3.65. The van der Waals surface area contributed by atoms with Crippen LogP contribution in [-0.2, 0) is 16.1 Å². The molecule has 10 heteroatoms. The summed E-state index contributed by atoms with van der Waals surface area (Å²) in [6.07, 6.45) is 3.38. The summed E-state index contributed by atoms with van der Waals surface area (Å²) in [5.41, 5.74) is 7.37. The molecule has 1 atom stereocenters. The molecule has 7 rings (SSSR count). The standard InChI is InChI=1S/C35H31N5O4S/c1-22-8-10-27(23(2)16-22)40-35-32(33(38-40)25-6-4-3-5-7-25)34(26-9-11-28-29(17-26)44-21-43-28)45-20-31(42)39(35)19-30(41)37-18-24-12-14-36-15-13-24/h3-17,34H,18-21H2,1-2H3,(H,37,41). The lowest BCUT2D eigenvalue weighted by Crippen LogP contribution is -2.42. The van der Waals surface area contributed by atoms with Crippen molar-refractivity contribution in [1.82, 2.24) is 20.1 Å². The highest BCUT2D eigenvalue weighted by Gasteiger charge is 2.38. The maximum absolute atomic E-state index is 14.1. The first-order valence-corrected chi connectivity index (χ1v) is 15.7. The van der Waals surface area contributed by atoms with E-state index in [1.165, 1.54) is 11.8 Å². The van der Waals surface area contributed by atoms with Crippen molar-refractivity contribution in [3.8, 4) is 28.4 Å². The van der Waals surface area contributed by atoms with Crippen molar-refractivity contribution in [2.24, 2.45) is 0 Å². The van der Waals surface area contributed by atoms with Gasteiger partial charge in [-0.05, 0) is 60.9 Å². The Hall–Kier alpha value is -5.09. The van der Waals surface area contributed by atoms with E-state index in [0.29, 0.717) is 23.9 Å². The predicted molar refractivity (Wildman–Crippen MR) is 174 cm³/mol. The molecular weight excluding hydrogens is 586 g/mol. The van der Waals surface area contributed by atoms with Crippen LogP contribution < -0.4 is 19.7 Å². The van der Waals surface area contributed by atoms with E-state index < -0.39 is 0 Å². The van der Waals surface area contributed by atoms with Crippen molar-refractivity contribution in [1.29, 1.82) is 0 Å². The van der Waals surface area contributed by atoms with E-state index in [9.17, 15) is 9.59 Å². The van der Waals surface area contributed by atoms with Crippen LogP contribution in [0.15, 0.2) is 91.3 Å². The van der Waals surface area contributed by atoms with E-state index in [4.69, 9.17) is 14.6 Å². The Morgan fingerprint density at radius 3 is 2.58 bits per heavy atom. The molecule has 0 saturated carbocycles. The smallest absolute Gasteiger partial charge is 0.240 e. The lowest BCUT2D eigenvalue weighted by molar-refractivity contribution is -0.123. The Balaban J connectivity index is 1.40. The Labute approximate surface area is 265 Å². The number of aryl methyl sites for hydroxylation is 2. The van der Waals surface area contributed by atoms with E-state index in [1.807, 2.05) is 91.3 Å². The van der Waals surface area contributed by atoms with Crippen molar-refractivity contribution < 1.29 is 19.1 Å². The molecule has 0 saturated heterocycles. The van der Waals surface area contributed by atoms with Gasteiger partial charge in [-0.15, -0.1) is 11.8 Å². The largest absolute Gasteiger partial charge is 0.454 e. The van der Waals surface area contributed by atoms with Gasteiger partial charge in [-0.2, -0.15) is 5.10 Å². The van der Waals surface area contributed by atoms with Gasteiger partial charge in [0.05, 0.1) is 22.4 Å². The molecule has 0 radical (unpaired) electrons. The van der Waals surface area contributed by atoms with E-state index in [2.05, 4.69) is 16.4 Å². The number of carbonyl (C=O) groups is 2. The maximum Gasteiger partial charge on any atom is 0.240 e. The molecule has 0 spiro atoms. The molecule has 0 fully saturated rings. The van der Waals surface area contributed by atoms with Crippen molar-refractivity contribution in [3.05, 3.63) is 119 Å². The van der Waals surface area contributed by atoms with Crippen LogP contribution in [0.25, 0.3) is 16.9 Å². The van der Waals surface area contributed by atoms with Crippen LogP contribution >= 0.6 is 11.8 Å². The summed E-state index contributed by atoms with van der Waals surface area (Å²) in [5, 5.41) is 7.91. The average molecular weight is 618 g/mol. The first-order valence-electron chi connectivity index (χ1n) is 14.7. The third kappa shape index (κ3) is 5.64. The SMILES string of the molecule is Cc1ccc(-n2nc(-c3ccccc3)c3c2N(CC(=O)NCc2ccncc2)C(=O)CSC3c2ccc3c(c2)OCO3)c(C)c1. The van der Waals surface area contributed by atoms with Gasteiger partial charge in [-0.3, -0.25) is 19.5 Å². The van der Waals surface area contributed by atoms with E-state index >= 15 is 0 Å². The molecule has 2 amide bonds. The highest BCUT2D eigenvalue weighted by atomic mass is 32.2. The number of carbonyl (C=O) groups excluding carboxylic acids is 2. The maximum atomic E-state index is 14.1. The number of nitrogens with zero attached hydrogens (tertiary/aromatic N) is 4. The first kappa shape index (κ1) is 28.7. The molecule has 5 aromatic rings. The van der Waals surface area contributed by atoms with Crippen LogP contribution in [0, 0.1) is 13.8 Å². The van der Waals surface area contributed by atoms with Crippen molar-refractivity contribution in [2.75, 3.05) is 24.0 Å². The van der Waals surface area contributed by atoms with Crippen LogP contribution in [0.4, 0.5) is 5.82 Å². The molecule has 226 valence electrons. The topological polar surface area (TPSA) is 98.6 Å². The first-order chi connectivity index (χ1) is 22.0. The summed E-state index contributed by atoms with van der Waals surface area (Å²) < 4.78 is 13.2. The molecule has 1 unspecified atom stereocenters. The van der Waals surface area contributed by atoms with Crippen LogP contribution in [0.5, 0.6) is 11.5 Å². The number of aromatic nitrogens is 3. The Morgan fingerprint density at radius 2 is 1.78 bits per heavy atom. The van der Waals surface area contributed by atoms with E-state index in [0.717, 1.165) is 44.8 Å². The number of thioether (sulfide) groups is 1. The van der Waals surface area contributed by atoms with Gasteiger partial charge in [-0.1, -0.05) is 54.1 Å². The number of fused-ring (bicyclic) bond motifs is 2. The molecule has 2 aliphatic heterocycles. The number of hydrogen-bond donors (Lipinski definition) is 1. The zero-order chi connectivity index (χ0) is 30.9. The van der Waals surface area contributed by atoms with E-state index in [1.54, 1.807) is 17.3 Å². The number of pyridine rings is 1. The highest BCUT2D eigenvalue weighted by Crippen LogP contribution is 2.50. The second-order valence-corrected chi connectivity index (χ2v) is 12.2. The van der Waals surface area contributed by atoms with Gasteiger partial charge in [0.15, 0.2) is 11.5 Å². The molecule has 3 aromatic carbocycles. The van der Waals surface area contributed by atoms with Gasteiger partial charge in [0.1, 0.15) is 12.4 Å². The molecule has 45 heavy (non-hydrogen) atoms. The number of rotatable bonds is 7. The minimum Gasteiger partial charge on any atom is -0.454 e. The second-order valence-electron chi connectivity index (χ2n) is 11.1. The van der Waals surface area contributed by atoms with Crippen LogP contribution in [0.3, 0.4) is 0 Å². The van der Waals surface area contributed by atoms with Gasteiger partial charge < -0.3 is 14.8 Å². The van der Waals surface area contributed by atoms with E-state index in [-0.39, 0.29) is 36.2 Å². The summed E-state index contributed by atoms with van der Waals surface area (Å²) in [4.78, 5) is 33.2. The minimum absolute atomic E-state index is 0.157. The van der Waals surface area contributed by atoms with Gasteiger partial charge in [0.2, 0.25) is 18.6 Å². The highest BCUT2D eigenvalue weighted by molar-refractivity contribution is 8.00. The van der Waals surface area contributed by atoms with Crippen LogP contribution in [0.1, 0.15) is 33.1 Å². The number of amides is 2. The lowest BCUT2D eigenvalue weighted by Gasteiger charge is -2.24. The summed E-state index contributed by atoms with van der Waals surface area (Å²) >= 11 is 1.52. The fourth-order valence-electron chi connectivity index (χ4n) is 5.78. The van der Waals surface area contributed by atoms with Crippen LogP contribution in [-0.4, -0.2) is 45.7 Å². The fourth-order valence-corrected chi connectivity index (χ4v) is 6.97. The summed E-state index contributed by atoms with van der Waals surface area (Å²) in [7, 11) is 0. The molecule has 2 aromatic heterocycles. The Morgan fingerprint density at radius 1 is 0.978 bits per heavy atom. The second kappa shape index (κ2) is 12.1. The molecule has 9 nitrogen and oxygen atoms in total. The third-order valence-electron chi connectivity index (χ3n) is 7.96. The number of anilines is 1. The van der Waals surface area contributed by atoms with Crippen LogP contribution in [0.2, 0.25) is 0 Å². The minimum atomic E-state index is -0.280. The predicted octanol–water partition coefficient (Wildman–Crippen LogP) is 5.77. The van der Waals surface area contributed by atoms with Crippen molar-refractivity contribution >= 4 is 29.4 Å². The summed E-state index contributed by atoms with van der Waals surface area (Å²) in [6.45, 7) is 4.42. The zero-order valence-corrected chi connectivity index (χ0v) is 25.7. The van der Waals surface area contributed by atoms with Crippen molar-refractivity contribution in [2.45, 2.75) is 25.6 Å². The zero-order valence-electron chi connectivity index (χ0n) is 24.9. The molecule has 4 heterocycles. The molecule has 0 aliphatic carbocycles. The molecule has 2 aliphatic rings. The van der Waals surface area contributed by atoms with Gasteiger partial charge in [0.25, 0.3) is 0 Å². The normalized spacial score (nSPS) is 15.5. The number of nitrogens with one attached hydrogen (secondary N) is 1. The van der Waals surface area contributed by atoms with Crippen molar-refractivity contribution in [3.63, 3.8) is 0 Å². The molecule has 0 bridgehead atoms. The molecular formula is C35H31N5O4S. The fraction of sp³-hybridized carbons (Fsp3) is 0.200. The quantitative estimate of drug-likeness (QED) is 0.248.